The summed E-state index contributed by atoms with van der Waals surface area (Å²) in [6.45, 7) is 6.94. The Hall–Kier alpha value is -1.02. The lowest BCUT2D eigenvalue weighted by Gasteiger charge is -2.17. The predicted octanol–water partition coefficient (Wildman–Crippen LogP) is 3.11. The lowest BCUT2D eigenvalue weighted by atomic mass is 9.96. The third-order valence-electron chi connectivity index (χ3n) is 3.35. The predicted molar refractivity (Wildman–Crippen MR) is 66.7 cm³/mol. The number of benzene rings is 1. The fourth-order valence-electron chi connectivity index (χ4n) is 2.19. The third kappa shape index (κ3) is 2.22. The summed E-state index contributed by atoms with van der Waals surface area (Å²) in [7, 11) is 0. The van der Waals surface area contributed by atoms with Crippen LogP contribution in [0.2, 0.25) is 0 Å². The van der Waals surface area contributed by atoms with E-state index in [0.29, 0.717) is 12.5 Å². The lowest BCUT2D eigenvalue weighted by molar-refractivity contribution is 0.337. The summed E-state index contributed by atoms with van der Waals surface area (Å²) in [4.78, 5) is 0. The van der Waals surface area contributed by atoms with E-state index in [-0.39, 0.29) is 6.04 Å². The molecule has 0 bridgehead atoms. The molecule has 1 aliphatic rings. The summed E-state index contributed by atoms with van der Waals surface area (Å²) >= 11 is 0. The fraction of sp³-hybridized carbons (Fsp3) is 0.571. The van der Waals surface area contributed by atoms with Gasteiger partial charge in [0.2, 0.25) is 0 Å². The average Bonchev–Trinajstić information content (AvgIpc) is 3.06. The van der Waals surface area contributed by atoms with Crippen molar-refractivity contribution in [1.29, 1.82) is 0 Å². The molecule has 1 aromatic carbocycles. The minimum Gasteiger partial charge on any atom is -0.494 e. The second kappa shape index (κ2) is 4.46. The van der Waals surface area contributed by atoms with Crippen LogP contribution in [0, 0.1) is 19.8 Å². The summed E-state index contributed by atoms with van der Waals surface area (Å²) in [5.74, 6) is 1.70. The zero-order chi connectivity index (χ0) is 11.7. The van der Waals surface area contributed by atoms with Crippen LogP contribution in [0.15, 0.2) is 12.1 Å². The molecule has 1 fully saturated rings. The smallest absolute Gasteiger partial charge is 0.122 e. The van der Waals surface area contributed by atoms with E-state index in [1.165, 1.54) is 29.5 Å². The first-order chi connectivity index (χ1) is 7.63. The van der Waals surface area contributed by atoms with E-state index >= 15 is 0 Å². The van der Waals surface area contributed by atoms with E-state index in [9.17, 15) is 0 Å². The maximum absolute atomic E-state index is 6.25. The van der Waals surface area contributed by atoms with Gasteiger partial charge in [0.15, 0.2) is 0 Å². The molecule has 88 valence electrons. The number of nitrogens with two attached hydrogens (primary N) is 1. The first-order valence-electron chi connectivity index (χ1n) is 6.13. The Morgan fingerprint density at radius 1 is 1.31 bits per heavy atom. The second-order valence-corrected chi connectivity index (χ2v) is 4.77. The monoisotopic (exact) mass is 219 g/mol. The molecule has 0 radical (unpaired) electrons. The molecule has 0 aromatic heterocycles. The number of aryl methyl sites for hydroxylation is 2. The summed E-state index contributed by atoms with van der Waals surface area (Å²) in [5.41, 5.74) is 10.00. The summed E-state index contributed by atoms with van der Waals surface area (Å²) in [6.07, 6.45) is 2.57. The molecule has 1 saturated carbocycles. The van der Waals surface area contributed by atoms with Crippen molar-refractivity contribution in [1.82, 2.24) is 0 Å². The summed E-state index contributed by atoms with van der Waals surface area (Å²) in [6, 6.07) is 4.54. The van der Waals surface area contributed by atoms with E-state index in [0.717, 1.165) is 5.75 Å². The highest BCUT2D eigenvalue weighted by molar-refractivity contribution is 5.43. The highest BCUT2D eigenvalue weighted by Gasteiger charge is 2.30. The molecule has 1 aromatic rings. The number of hydrogen-bond donors (Lipinski definition) is 1. The van der Waals surface area contributed by atoms with Crippen molar-refractivity contribution in [2.75, 3.05) is 6.61 Å². The lowest BCUT2D eigenvalue weighted by Crippen LogP contribution is -2.14. The number of hydrogen-bond acceptors (Lipinski definition) is 2. The van der Waals surface area contributed by atoms with Crippen molar-refractivity contribution in [2.45, 2.75) is 39.7 Å². The van der Waals surface area contributed by atoms with Crippen LogP contribution in [-0.2, 0) is 0 Å². The van der Waals surface area contributed by atoms with Crippen LogP contribution in [0.4, 0.5) is 0 Å². The third-order valence-corrected chi connectivity index (χ3v) is 3.35. The Morgan fingerprint density at radius 2 is 2.00 bits per heavy atom. The molecule has 0 amide bonds. The van der Waals surface area contributed by atoms with Gasteiger partial charge in [0, 0.05) is 6.04 Å². The van der Waals surface area contributed by atoms with Crippen LogP contribution < -0.4 is 10.5 Å². The number of rotatable bonds is 4. The van der Waals surface area contributed by atoms with Crippen molar-refractivity contribution in [3.8, 4) is 5.75 Å². The molecule has 0 heterocycles. The van der Waals surface area contributed by atoms with Gasteiger partial charge in [-0.1, -0.05) is 6.07 Å². The van der Waals surface area contributed by atoms with Gasteiger partial charge in [0.05, 0.1) is 6.61 Å². The van der Waals surface area contributed by atoms with Gasteiger partial charge >= 0.3 is 0 Å². The molecule has 0 saturated heterocycles. The fourth-order valence-corrected chi connectivity index (χ4v) is 2.19. The molecule has 0 spiro atoms. The van der Waals surface area contributed by atoms with Crippen LogP contribution in [0.3, 0.4) is 0 Å². The highest BCUT2D eigenvalue weighted by atomic mass is 16.5. The molecule has 1 aliphatic carbocycles. The second-order valence-electron chi connectivity index (χ2n) is 4.77. The van der Waals surface area contributed by atoms with E-state index in [1.807, 2.05) is 6.92 Å². The van der Waals surface area contributed by atoms with E-state index in [4.69, 9.17) is 10.5 Å². The Bertz CT molecular complexity index is 383. The van der Waals surface area contributed by atoms with Gasteiger partial charge in [-0.3, -0.25) is 0 Å². The first-order valence-corrected chi connectivity index (χ1v) is 6.13. The molecule has 2 heteroatoms. The van der Waals surface area contributed by atoms with Crippen LogP contribution in [0.1, 0.15) is 42.5 Å². The standard InChI is InChI=1S/C14H21NO/c1-4-16-13-8-9(2)12(7-10(13)3)14(15)11-5-6-11/h7-8,11,14H,4-6,15H2,1-3H3. The van der Waals surface area contributed by atoms with Gasteiger partial charge in [0.1, 0.15) is 5.75 Å². The van der Waals surface area contributed by atoms with Gasteiger partial charge in [-0.2, -0.15) is 0 Å². The van der Waals surface area contributed by atoms with Gasteiger partial charge in [-0.05, 0) is 62.3 Å². The molecule has 1 atom stereocenters. The van der Waals surface area contributed by atoms with Gasteiger partial charge in [0.25, 0.3) is 0 Å². The molecule has 0 aliphatic heterocycles. The van der Waals surface area contributed by atoms with E-state index < -0.39 is 0 Å². The molecular weight excluding hydrogens is 198 g/mol. The van der Waals surface area contributed by atoms with Crippen LogP contribution >= 0.6 is 0 Å². The normalized spacial score (nSPS) is 17.2. The molecular formula is C14H21NO. The Morgan fingerprint density at radius 3 is 2.56 bits per heavy atom. The molecule has 1 unspecified atom stereocenters. The SMILES string of the molecule is CCOc1cc(C)c(C(N)C2CC2)cc1C. The molecule has 2 nitrogen and oxygen atoms in total. The Labute approximate surface area is 97.8 Å². The Kier molecular flexibility index (Phi) is 3.20. The van der Waals surface area contributed by atoms with Crippen molar-refractivity contribution < 1.29 is 4.74 Å². The largest absolute Gasteiger partial charge is 0.494 e. The maximum Gasteiger partial charge on any atom is 0.122 e. The summed E-state index contributed by atoms with van der Waals surface area (Å²) < 4.78 is 5.59. The first kappa shape index (κ1) is 11.5. The quantitative estimate of drug-likeness (QED) is 0.844. The van der Waals surface area contributed by atoms with Crippen LogP contribution in [0.5, 0.6) is 5.75 Å². The van der Waals surface area contributed by atoms with Gasteiger partial charge in [-0.15, -0.1) is 0 Å². The molecule has 16 heavy (non-hydrogen) atoms. The zero-order valence-corrected chi connectivity index (χ0v) is 10.4. The molecule has 2 N–H and O–H groups in total. The minimum absolute atomic E-state index is 0.217. The van der Waals surface area contributed by atoms with Crippen molar-refractivity contribution in [3.63, 3.8) is 0 Å². The maximum atomic E-state index is 6.25. The number of ether oxygens (including phenoxy) is 1. The van der Waals surface area contributed by atoms with E-state index in [2.05, 4.69) is 26.0 Å². The van der Waals surface area contributed by atoms with Gasteiger partial charge < -0.3 is 10.5 Å². The molecule has 2 rings (SSSR count). The van der Waals surface area contributed by atoms with Crippen molar-refractivity contribution >= 4 is 0 Å². The minimum atomic E-state index is 0.217. The summed E-state index contributed by atoms with van der Waals surface area (Å²) in [5, 5.41) is 0. The van der Waals surface area contributed by atoms with Gasteiger partial charge in [-0.25, -0.2) is 0 Å². The van der Waals surface area contributed by atoms with E-state index in [1.54, 1.807) is 0 Å². The average molecular weight is 219 g/mol. The zero-order valence-electron chi connectivity index (χ0n) is 10.4. The Balaban J connectivity index is 2.29. The van der Waals surface area contributed by atoms with Crippen molar-refractivity contribution in [3.05, 3.63) is 28.8 Å². The van der Waals surface area contributed by atoms with Crippen LogP contribution in [-0.4, -0.2) is 6.61 Å². The topological polar surface area (TPSA) is 35.2 Å². The van der Waals surface area contributed by atoms with Crippen molar-refractivity contribution in [2.24, 2.45) is 11.7 Å². The highest BCUT2D eigenvalue weighted by Crippen LogP contribution is 2.41. The van der Waals surface area contributed by atoms with Crippen LogP contribution in [0.25, 0.3) is 0 Å².